The highest BCUT2D eigenvalue weighted by Gasteiger charge is 2.04. The molecular weight excluding hydrogens is 132 g/mol. The second kappa shape index (κ2) is 4.58. The summed E-state index contributed by atoms with van der Waals surface area (Å²) < 4.78 is 9.67. The van der Waals surface area contributed by atoms with E-state index in [0.717, 1.165) is 0 Å². The zero-order valence-corrected chi connectivity index (χ0v) is 6.39. The molecule has 0 saturated heterocycles. The van der Waals surface area contributed by atoms with Gasteiger partial charge in [0.15, 0.2) is 0 Å². The topological polar surface area (TPSA) is 18.5 Å². The average Bonchev–Trinajstić information content (AvgIpc) is 1.72. The minimum absolute atomic E-state index is 0.521. The first kappa shape index (κ1) is 7.43. The molecule has 0 saturated carbocycles. The van der Waals surface area contributed by atoms with Gasteiger partial charge in [-0.05, 0) is 0 Å². The van der Waals surface area contributed by atoms with Crippen LogP contribution < -0.4 is 0 Å². The summed E-state index contributed by atoms with van der Waals surface area (Å²) in [4.78, 5) is 0. The maximum Gasteiger partial charge on any atom is 0.336 e. The van der Waals surface area contributed by atoms with Crippen molar-refractivity contribution < 1.29 is 8.85 Å². The molecule has 0 heterocycles. The number of hydrogen-bond donors (Lipinski definition) is 0. The van der Waals surface area contributed by atoms with Crippen LogP contribution in [0.5, 0.6) is 0 Å². The Morgan fingerprint density at radius 1 is 1.43 bits per heavy atom. The van der Waals surface area contributed by atoms with E-state index in [1.165, 1.54) is 0 Å². The molecule has 7 heavy (non-hydrogen) atoms. The SMILES string of the molecule is CO[SiH](CCl)OC. The first-order chi connectivity index (χ1) is 3.35. The monoisotopic (exact) mass is 140 g/mol. The zero-order chi connectivity index (χ0) is 5.70. The summed E-state index contributed by atoms with van der Waals surface area (Å²) in [5.41, 5.74) is 0.521. The summed E-state index contributed by atoms with van der Waals surface area (Å²) >= 11 is 5.38. The van der Waals surface area contributed by atoms with Gasteiger partial charge in [-0.3, -0.25) is 0 Å². The van der Waals surface area contributed by atoms with E-state index in [4.69, 9.17) is 20.5 Å². The van der Waals surface area contributed by atoms with Crippen LogP contribution in [0, 0.1) is 0 Å². The van der Waals surface area contributed by atoms with Crippen LogP contribution in [0.15, 0.2) is 0 Å². The zero-order valence-electron chi connectivity index (χ0n) is 4.48. The molecule has 0 atom stereocenters. The second-order valence-corrected chi connectivity index (χ2v) is 4.09. The fraction of sp³-hybridized carbons (Fsp3) is 1.00. The lowest BCUT2D eigenvalue weighted by Crippen LogP contribution is -2.20. The van der Waals surface area contributed by atoms with Crippen molar-refractivity contribution in [3.8, 4) is 0 Å². The molecule has 0 aliphatic carbocycles. The largest absolute Gasteiger partial charge is 0.399 e. The van der Waals surface area contributed by atoms with Gasteiger partial charge in [0.25, 0.3) is 0 Å². The molecule has 0 aliphatic heterocycles. The number of halogens is 1. The highest BCUT2D eigenvalue weighted by atomic mass is 35.5. The van der Waals surface area contributed by atoms with Gasteiger partial charge < -0.3 is 8.85 Å². The normalized spacial score (nSPS) is 10.3. The van der Waals surface area contributed by atoms with Crippen molar-refractivity contribution in [2.24, 2.45) is 0 Å². The Morgan fingerprint density at radius 3 is 1.86 bits per heavy atom. The van der Waals surface area contributed by atoms with Crippen molar-refractivity contribution in [1.29, 1.82) is 0 Å². The van der Waals surface area contributed by atoms with Gasteiger partial charge in [0, 0.05) is 14.2 Å². The first-order valence-corrected chi connectivity index (χ1v) is 4.26. The predicted molar refractivity (Wildman–Crippen MR) is 31.9 cm³/mol. The fourth-order valence-electron chi connectivity index (χ4n) is 0.222. The molecule has 4 heteroatoms. The van der Waals surface area contributed by atoms with Crippen molar-refractivity contribution in [2.75, 3.05) is 19.7 Å². The van der Waals surface area contributed by atoms with E-state index in [0.29, 0.717) is 5.50 Å². The molecule has 0 aliphatic rings. The molecule has 0 aromatic rings. The Balaban J connectivity index is 2.99. The van der Waals surface area contributed by atoms with Crippen molar-refractivity contribution in [2.45, 2.75) is 0 Å². The van der Waals surface area contributed by atoms with Gasteiger partial charge >= 0.3 is 9.28 Å². The van der Waals surface area contributed by atoms with E-state index in [1.807, 2.05) is 0 Å². The molecule has 0 bridgehead atoms. The quantitative estimate of drug-likeness (QED) is 0.414. The van der Waals surface area contributed by atoms with Gasteiger partial charge in [-0.1, -0.05) is 0 Å². The molecule has 0 spiro atoms. The van der Waals surface area contributed by atoms with Crippen LogP contribution in [0.3, 0.4) is 0 Å². The molecule has 0 amide bonds. The minimum atomic E-state index is -1.41. The lowest BCUT2D eigenvalue weighted by Gasteiger charge is -2.03. The molecule has 0 radical (unpaired) electrons. The van der Waals surface area contributed by atoms with Crippen LogP contribution >= 0.6 is 11.6 Å². The Morgan fingerprint density at radius 2 is 1.86 bits per heavy atom. The highest BCUT2D eigenvalue weighted by Crippen LogP contribution is 1.85. The lowest BCUT2D eigenvalue weighted by molar-refractivity contribution is 0.284. The van der Waals surface area contributed by atoms with Crippen LogP contribution in [0.4, 0.5) is 0 Å². The summed E-state index contributed by atoms with van der Waals surface area (Å²) in [6.45, 7) is 0. The van der Waals surface area contributed by atoms with Crippen LogP contribution in [0.2, 0.25) is 0 Å². The van der Waals surface area contributed by atoms with Gasteiger partial charge in [0.2, 0.25) is 0 Å². The van der Waals surface area contributed by atoms with Gasteiger partial charge in [-0.25, -0.2) is 0 Å². The Labute approximate surface area is 50.2 Å². The molecule has 2 nitrogen and oxygen atoms in total. The van der Waals surface area contributed by atoms with E-state index in [9.17, 15) is 0 Å². The van der Waals surface area contributed by atoms with Gasteiger partial charge in [-0.2, -0.15) is 0 Å². The van der Waals surface area contributed by atoms with E-state index in [1.54, 1.807) is 14.2 Å². The first-order valence-electron chi connectivity index (χ1n) is 1.96. The number of rotatable bonds is 3. The third kappa shape index (κ3) is 3.05. The van der Waals surface area contributed by atoms with Crippen LogP contribution in [0.25, 0.3) is 0 Å². The molecular formula is C3H9ClO2Si. The van der Waals surface area contributed by atoms with Crippen LogP contribution in [-0.4, -0.2) is 29.0 Å². The number of hydrogen-bond acceptors (Lipinski definition) is 2. The van der Waals surface area contributed by atoms with Crippen molar-refractivity contribution in [1.82, 2.24) is 0 Å². The Hall–Kier alpha value is 0.427. The summed E-state index contributed by atoms with van der Waals surface area (Å²) in [5.74, 6) is 0. The Bertz CT molecular complexity index is 34.4. The summed E-state index contributed by atoms with van der Waals surface area (Å²) in [5, 5.41) is 0. The van der Waals surface area contributed by atoms with Crippen LogP contribution in [0.1, 0.15) is 0 Å². The van der Waals surface area contributed by atoms with E-state index in [-0.39, 0.29) is 0 Å². The Kier molecular flexibility index (Phi) is 4.86. The maximum atomic E-state index is 5.38. The molecule has 0 fully saturated rings. The van der Waals surface area contributed by atoms with E-state index >= 15 is 0 Å². The summed E-state index contributed by atoms with van der Waals surface area (Å²) in [7, 11) is 1.82. The van der Waals surface area contributed by atoms with Crippen LogP contribution in [-0.2, 0) is 8.85 Å². The standard InChI is InChI=1S/C3H9ClO2Si/c1-5-7(3-4)6-2/h7H,3H2,1-2H3. The highest BCUT2D eigenvalue weighted by molar-refractivity contribution is 6.56. The van der Waals surface area contributed by atoms with Crippen molar-refractivity contribution in [3.05, 3.63) is 0 Å². The average molecular weight is 141 g/mol. The molecule has 0 rings (SSSR count). The fourth-order valence-corrected chi connectivity index (χ4v) is 1.42. The van der Waals surface area contributed by atoms with Crippen molar-refractivity contribution in [3.63, 3.8) is 0 Å². The maximum absolute atomic E-state index is 5.38. The third-order valence-electron chi connectivity index (χ3n) is 0.652. The predicted octanol–water partition coefficient (Wildman–Crippen LogP) is 0.278. The number of alkyl halides is 1. The third-order valence-corrected chi connectivity index (χ3v) is 2.71. The molecule has 0 aromatic carbocycles. The summed E-state index contributed by atoms with van der Waals surface area (Å²) in [6, 6.07) is 0. The molecule has 0 N–H and O–H groups in total. The van der Waals surface area contributed by atoms with Gasteiger partial charge in [-0.15, -0.1) is 11.6 Å². The second-order valence-electron chi connectivity index (χ2n) is 1.06. The lowest BCUT2D eigenvalue weighted by atomic mass is 11.8. The minimum Gasteiger partial charge on any atom is -0.399 e. The summed E-state index contributed by atoms with van der Waals surface area (Å²) in [6.07, 6.45) is 0. The van der Waals surface area contributed by atoms with E-state index in [2.05, 4.69) is 0 Å². The molecule has 0 aromatic heterocycles. The molecule has 44 valence electrons. The van der Waals surface area contributed by atoms with E-state index < -0.39 is 9.28 Å². The smallest absolute Gasteiger partial charge is 0.336 e. The molecule has 0 unspecified atom stereocenters. The van der Waals surface area contributed by atoms with Gasteiger partial charge in [0.05, 0.1) is 5.50 Å². The van der Waals surface area contributed by atoms with Gasteiger partial charge in [0.1, 0.15) is 0 Å². The van der Waals surface area contributed by atoms with Crippen molar-refractivity contribution >= 4 is 20.9 Å².